The fraction of sp³-hybridized carbons (Fsp3) is 0.167. The predicted molar refractivity (Wildman–Crippen MR) is 119 cm³/mol. The minimum absolute atomic E-state index is 0.398. The van der Waals surface area contributed by atoms with Gasteiger partial charge in [0.05, 0.1) is 21.3 Å². The van der Waals surface area contributed by atoms with E-state index in [0.29, 0.717) is 28.5 Å². The fourth-order valence-electron chi connectivity index (χ4n) is 3.01. The molecule has 0 unspecified atom stereocenters. The molecule has 0 radical (unpaired) electrons. The molecule has 1 N–H and O–H groups in total. The summed E-state index contributed by atoms with van der Waals surface area (Å²) >= 11 is 0. The Bertz CT molecular complexity index is 1100. The highest BCUT2D eigenvalue weighted by Crippen LogP contribution is 2.38. The van der Waals surface area contributed by atoms with Crippen molar-refractivity contribution in [1.29, 1.82) is 0 Å². The summed E-state index contributed by atoms with van der Waals surface area (Å²) in [7, 11) is 4.52. The van der Waals surface area contributed by atoms with Crippen LogP contribution in [-0.2, 0) is 14.3 Å². The van der Waals surface area contributed by atoms with Crippen molar-refractivity contribution in [2.75, 3.05) is 33.3 Å². The fourth-order valence-corrected chi connectivity index (χ4v) is 3.01. The number of amides is 1. The van der Waals surface area contributed by atoms with Crippen LogP contribution in [0.4, 0.5) is 5.69 Å². The van der Waals surface area contributed by atoms with Crippen molar-refractivity contribution in [3.05, 3.63) is 66.2 Å². The lowest BCUT2D eigenvalue weighted by Gasteiger charge is -2.12. The lowest BCUT2D eigenvalue weighted by molar-refractivity contribution is -0.142. The van der Waals surface area contributed by atoms with E-state index in [9.17, 15) is 9.59 Å². The minimum Gasteiger partial charge on any atom is -0.493 e. The Morgan fingerprint density at radius 2 is 1.55 bits per heavy atom. The Morgan fingerprint density at radius 1 is 0.871 bits per heavy atom. The van der Waals surface area contributed by atoms with Gasteiger partial charge in [-0.1, -0.05) is 30.3 Å². The molecule has 0 atom stereocenters. The maximum absolute atomic E-state index is 12.1. The van der Waals surface area contributed by atoms with E-state index >= 15 is 0 Å². The van der Waals surface area contributed by atoms with Crippen molar-refractivity contribution in [2.24, 2.45) is 0 Å². The summed E-state index contributed by atoms with van der Waals surface area (Å²) in [5.41, 5.74) is 1.28. The third-order valence-electron chi connectivity index (χ3n) is 4.48. The van der Waals surface area contributed by atoms with E-state index in [2.05, 4.69) is 5.32 Å². The van der Waals surface area contributed by atoms with Gasteiger partial charge in [0.15, 0.2) is 18.1 Å². The van der Waals surface area contributed by atoms with Gasteiger partial charge < -0.3 is 24.3 Å². The molecule has 0 aliphatic heterocycles. The van der Waals surface area contributed by atoms with E-state index in [1.54, 1.807) is 18.2 Å². The van der Waals surface area contributed by atoms with Crippen molar-refractivity contribution >= 4 is 34.4 Å². The van der Waals surface area contributed by atoms with Crippen molar-refractivity contribution in [3.8, 4) is 17.2 Å². The summed E-state index contributed by atoms with van der Waals surface area (Å²) < 4.78 is 20.8. The molecule has 0 aliphatic carbocycles. The number of methoxy groups -OCH3 is 3. The van der Waals surface area contributed by atoms with Gasteiger partial charge in [0, 0.05) is 11.8 Å². The number of nitrogens with one attached hydrogen (secondary N) is 1. The van der Waals surface area contributed by atoms with Crippen molar-refractivity contribution < 1.29 is 28.5 Å². The molecule has 160 valence electrons. The third kappa shape index (κ3) is 5.54. The van der Waals surface area contributed by atoms with Crippen LogP contribution in [0.15, 0.2) is 60.7 Å². The number of anilines is 1. The molecule has 0 bridgehead atoms. The molecule has 31 heavy (non-hydrogen) atoms. The van der Waals surface area contributed by atoms with Gasteiger partial charge in [0.2, 0.25) is 5.75 Å². The second kappa shape index (κ2) is 10.2. The molecule has 1 amide bonds. The molecule has 7 heteroatoms. The van der Waals surface area contributed by atoms with Crippen LogP contribution in [-0.4, -0.2) is 39.8 Å². The second-order valence-corrected chi connectivity index (χ2v) is 6.51. The Kier molecular flexibility index (Phi) is 7.11. The molecule has 0 fully saturated rings. The normalized spacial score (nSPS) is 10.7. The van der Waals surface area contributed by atoms with E-state index < -0.39 is 18.5 Å². The smallest absolute Gasteiger partial charge is 0.331 e. The van der Waals surface area contributed by atoms with Crippen LogP contribution in [0.5, 0.6) is 17.2 Å². The first kappa shape index (κ1) is 21.7. The van der Waals surface area contributed by atoms with Crippen LogP contribution >= 0.6 is 0 Å². The van der Waals surface area contributed by atoms with Gasteiger partial charge >= 0.3 is 5.97 Å². The highest BCUT2D eigenvalue weighted by Gasteiger charge is 2.12. The standard InChI is InChI=1S/C24H23NO6/c1-28-20-12-16(13-21(29-2)24(20)30-3)8-11-23(27)31-15-22(26)25-19-10-9-17-6-4-5-7-18(17)14-19/h4-14H,15H2,1-3H3,(H,25,26)/b11-8+. The van der Waals surface area contributed by atoms with Gasteiger partial charge in [0.1, 0.15) is 0 Å². The third-order valence-corrected chi connectivity index (χ3v) is 4.48. The molecule has 0 aliphatic rings. The first-order chi connectivity index (χ1) is 15.0. The molecule has 3 aromatic rings. The Labute approximate surface area is 180 Å². The molecule has 3 aromatic carbocycles. The molecule has 0 saturated heterocycles. The van der Waals surface area contributed by atoms with Crippen LogP contribution < -0.4 is 19.5 Å². The van der Waals surface area contributed by atoms with E-state index in [1.165, 1.54) is 33.5 Å². The molecule has 0 aromatic heterocycles. The summed E-state index contributed by atoms with van der Waals surface area (Å²) in [6, 6.07) is 16.8. The van der Waals surface area contributed by atoms with Gasteiger partial charge in [0.25, 0.3) is 5.91 Å². The van der Waals surface area contributed by atoms with Crippen molar-refractivity contribution in [1.82, 2.24) is 0 Å². The number of rotatable bonds is 8. The number of fused-ring (bicyclic) bond motifs is 1. The SMILES string of the molecule is COc1cc(/C=C/C(=O)OCC(=O)Nc2ccc3ccccc3c2)cc(OC)c1OC. The Balaban J connectivity index is 1.57. The van der Waals surface area contributed by atoms with Crippen LogP contribution in [0, 0.1) is 0 Å². The zero-order valence-electron chi connectivity index (χ0n) is 17.5. The lowest BCUT2D eigenvalue weighted by atomic mass is 10.1. The first-order valence-corrected chi connectivity index (χ1v) is 9.47. The van der Waals surface area contributed by atoms with E-state index in [1.807, 2.05) is 36.4 Å². The van der Waals surface area contributed by atoms with Gasteiger partial charge in [-0.15, -0.1) is 0 Å². The number of carbonyl (C=O) groups excluding carboxylic acids is 2. The van der Waals surface area contributed by atoms with Crippen LogP contribution in [0.2, 0.25) is 0 Å². The second-order valence-electron chi connectivity index (χ2n) is 6.51. The number of hydrogen-bond donors (Lipinski definition) is 1. The average molecular weight is 421 g/mol. The molecule has 3 rings (SSSR count). The molecule has 0 saturated carbocycles. The highest BCUT2D eigenvalue weighted by atomic mass is 16.5. The van der Waals surface area contributed by atoms with Crippen LogP contribution in [0.25, 0.3) is 16.8 Å². The maximum atomic E-state index is 12.1. The van der Waals surface area contributed by atoms with Crippen molar-refractivity contribution in [3.63, 3.8) is 0 Å². The quantitative estimate of drug-likeness (QED) is 0.436. The zero-order valence-corrected chi connectivity index (χ0v) is 17.5. The summed E-state index contributed by atoms with van der Waals surface area (Å²) in [4.78, 5) is 24.1. The van der Waals surface area contributed by atoms with Gasteiger partial charge in [-0.25, -0.2) is 4.79 Å². The van der Waals surface area contributed by atoms with Gasteiger partial charge in [-0.3, -0.25) is 4.79 Å². The van der Waals surface area contributed by atoms with E-state index in [0.717, 1.165) is 10.8 Å². The largest absolute Gasteiger partial charge is 0.493 e. The van der Waals surface area contributed by atoms with Gasteiger partial charge in [-0.2, -0.15) is 0 Å². The molecule has 0 spiro atoms. The molecular formula is C24H23NO6. The lowest BCUT2D eigenvalue weighted by Crippen LogP contribution is -2.20. The Hall–Kier alpha value is -4.00. The number of esters is 1. The number of hydrogen-bond acceptors (Lipinski definition) is 6. The maximum Gasteiger partial charge on any atom is 0.331 e. The summed E-state index contributed by atoms with van der Waals surface area (Å²) in [5.74, 6) is 0.302. The molecular weight excluding hydrogens is 398 g/mol. The molecule has 0 heterocycles. The topological polar surface area (TPSA) is 83.1 Å². The number of ether oxygens (including phenoxy) is 4. The average Bonchev–Trinajstić information content (AvgIpc) is 2.80. The van der Waals surface area contributed by atoms with Crippen LogP contribution in [0.3, 0.4) is 0 Å². The Morgan fingerprint density at radius 3 is 2.19 bits per heavy atom. The minimum atomic E-state index is -0.651. The highest BCUT2D eigenvalue weighted by molar-refractivity contribution is 5.96. The summed E-state index contributed by atoms with van der Waals surface area (Å²) in [5, 5.41) is 4.80. The van der Waals surface area contributed by atoms with Crippen molar-refractivity contribution in [2.45, 2.75) is 0 Å². The monoisotopic (exact) mass is 421 g/mol. The first-order valence-electron chi connectivity index (χ1n) is 9.47. The number of benzene rings is 3. The molecule has 7 nitrogen and oxygen atoms in total. The van der Waals surface area contributed by atoms with E-state index in [-0.39, 0.29) is 0 Å². The predicted octanol–water partition coefficient (Wildman–Crippen LogP) is 4.06. The summed E-state index contributed by atoms with van der Waals surface area (Å²) in [6.07, 6.45) is 2.76. The summed E-state index contributed by atoms with van der Waals surface area (Å²) in [6.45, 7) is -0.398. The number of carbonyl (C=O) groups is 2. The van der Waals surface area contributed by atoms with Crippen LogP contribution in [0.1, 0.15) is 5.56 Å². The zero-order chi connectivity index (χ0) is 22.2. The van der Waals surface area contributed by atoms with E-state index in [4.69, 9.17) is 18.9 Å². The van der Waals surface area contributed by atoms with Gasteiger partial charge in [-0.05, 0) is 46.7 Å².